The minimum Gasteiger partial charge on any atom is -0.275 e. The number of nitrogens with one attached hydrogen (secondary N) is 1. The molecular formula is C26H25N7O. The maximum Gasteiger partial charge on any atom is 0.205 e. The fourth-order valence-electron chi connectivity index (χ4n) is 4.35. The predicted octanol–water partition coefficient (Wildman–Crippen LogP) is 4.46. The Balaban J connectivity index is 1.52. The van der Waals surface area contributed by atoms with Crippen molar-refractivity contribution < 1.29 is 4.84 Å². The molecule has 0 fully saturated rings. The molecule has 0 aliphatic carbocycles. The topological polar surface area (TPSA) is 92.2 Å². The smallest absolute Gasteiger partial charge is 0.205 e. The zero-order valence-electron chi connectivity index (χ0n) is 19.3. The van der Waals surface area contributed by atoms with Crippen LogP contribution < -0.4 is 0 Å². The molecular weight excluding hydrogens is 426 g/mol. The molecule has 0 saturated carbocycles. The van der Waals surface area contributed by atoms with Crippen molar-refractivity contribution in [2.45, 2.75) is 26.4 Å². The average molecular weight is 452 g/mol. The summed E-state index contributed by atoms with van der Waals surface area (Å²) in [6.07, 6.45) is 2.35. The molecule has 2 aromatic carbocycles. The molecule has 0 bridgehead atoms. The van der Waals surface area contributed by atoms with Crippen molar-refractivity contribution in [1.82, 2.24) is 30.7 Å². The Kier molecular flexibility index (Phi) is 5.97. The van der Waals surface area contributed by atoms with E-state index >= 15 is 0 Å². The third-order valence-corrected chi connectivity index (χ3v) is 5.97. The van der Waals surface area contributed by atoms with Gasteiger partial charge in [-0.25, -0.2) is 5.06 Å². The highest BCUT2D eigenvalue weighted by atomic mass is 16.7. The van der Waals surface area contributed by atoms with Crippen LogP contribution in [-0.4, -0.2) is 49.7 Å². The van der Waals surface area contributed by atoms with Crippen molar-refractivity contribution in [3.8, 4) is 22.5 Å². The quantitative estimate of drug-likeness (QED) is 0.465. The number of tetrazole rings is 1. The Hall–Kier alpha value is -4.17. The van der Waals surface area contributed by atoms with Crippen LogP contribution >= 0.6 is 0 Å². The van der Waals surface area contributed by atoms with E-state index in [1.807, 2.05) is 54.6 Å². The molecule has 170 valence electrons. The highest BCUT2D eigenvalue weighted by molar-refractivity contribution is 6.13. The predicted molar refractivity (Wildman–Crippen MR) is 131 cm³/mol. The van der Waals surface area contributed by atoms with Gasteiger partial charge in [0.05, 0.1) is 12.8 Å². The maximum atomic E-state index is 5.62. The van der Waals surface area contributed by atoms with Crippen molar-refractivity contribution in [2.24, 2.45) is 4.99 Å². The van der Waals surface area contributed by atoms with Crippen LogP contribution in [0.1, 0.15) is 25.1 Å². The van der Waals surface area contributed by atoms with Crippen molar-refractivity contribution in [1.29, 1.82) is 0 Å². The Morgan fingerprint density at radius 3 is 2.35 bits per heavy atom. The van der Waals surface area contributed by atoms with Crippen molar-refractivity contribution in [3.63, 3.8) is 0 Å². The molecule has 4 aromatic rings. The Morgan fingerprint density at radius 2 is 1.68 bits per heavy atom. The molecule has 1 N–H and O–H groups in total. The lowest BCUT2D eigenvalue weighted by molar-refractivity contribution is -0.127. The number of aliphatic imine (C=N–C) groups is 1. The van der Waals surface area contributed by atoms with Crippen LogP contribution in [-0.2, 0) is 11.3 Å². The van der Waals surface area contributed by atoms with Gasteiger partial charge >= 0.3 is 0 Å². The molecule has 5 rings (SSSR count). The van der Waals surface area contributed by atoms with Gasteiger partial charge in [-0.1, -0.05) is 54.6 Å². The van der Waals surface area contributed by atoms with Crippen LogP contribution in [0.2, 0.25) is 0 Å². The van der Waals surface area contributed by atoms with Gasteiger partial charge in [-0.05, 0) is 42.3 Å². The summed E-state index contributed by atoms with van der Waals surface area (Å²) in [5.41, 5.74) is 8.17. The molecule has 2 aromatic heterocycles. The first kappa shape index (κ1) is 21.7. The summed E-state index contributed by atoms with van der Waals surface area (Å²) < 4.78 is 0. The summed E-state index contributed by atoms with van der Waals surface area (Å²) in [5.74, 6) is 0.570. The lowest BCUT2D eigenvalue weighted by Gasteiger charge is -2.34. The molecule has 0 radical (unpaired) electrons. The lowest BCUT2D eigenvalue weighted by Crippen LogP contribution is -2.36. The van der Waals surface area contributed by atoms with E-state index in [9.17, 15) is 0 Å². The van der Waals surface area contributed by atoms with Gasteiger partial charge in [0, 0.05) is 40.7 Å². The van der Waals surface area contributed by atoms with Crippen molar-refractivity contribution in [3.05, 3.63) is 95.5 Å². The molecule has 34 heavy (non-hydrogen) atoms. The van der Waals surface area contributed by atoms with E-state index in [-0.39, 0.29) is 6.17 Å². The van der Waals surface area contributed by atoms with Crippen LogP contribution in [0.15, 0.2) is 89.2 Å². The molecule has 0 amide bonds. The van der Waals surface area contributed by atoms with Gasteiger partial charge in [-0.2, -0.15) is 5.21 Å². The minimum absolute atomic E-state index is 0.133. The second-order valence-electron chi connectivity index (χ2n) is 8.04. The van der Waals surface area contributed by atoms with Gasteiger partial charge in [-0.3, -0.25) is 14.8 Å². The highest BCUT2D eigenvalue weighted by Gasteiger charge is 2.27. The summed E-state index contributed by atoms with van der Waals surface area (Å²) in [7, 11) is 1.68. The monoisotopic (exact) mass is 451 g/mol. The number of allylic oxidation sites excluding steroid dienone is 2. The minimum atomic E-state index is -0.133. The second kappa shape index (κ2) is 9.36. The Labute approximate surface area is 198 Å². The van der Waals surface area contributed by atoms with E-state index in [2.05, 4.69) is 62.9 Å². The van der Waals surface area contributed by atoms with Crippen LogP contribution in [0, 0.1) is 0 Å². The molecule has 0 spiro atoms. The lowest BCUT2D eigenvalue weighted by atomic mass is 9.92. The van der Waals surface area contributed by atoms with Gasteiger partial charge < -0.3 is 0 Å². The summed E-state index contributed by atoms with van der Waals surface area (Å²) in [6.45, 7) is 4.10. The molecule has 3 heterocycles. The van der Waals surface area contributed by atoms with E-state index in [1.54, 1.807) is 7.11 Å². The number of benzene rings is 2. The maximum absolute atomic E-state index is 5.62. The number of nitrogens with zero attached hydrogens (tertiary/aromatic N) is 6. The zero-order valence-corrected chi connectivity index (χ0v) is 19.3. The van der Waals surface area contributed by atoms with E-state index in [0.717, 1.165) is 44.9 Å². The Morgan fingerprint density at radius 1 is 0.941 bits per heavy atom. The van der Waals surface area contributed by atoms with Gasteiger partial charge in [0.2, 0.25) is 5.82 Å². The van der Waals surface area contributed by atoms with E-state index in [4.69, 9.17) is 9.83 Å². The van der Waals surface area contributed by atoms with Gasteiger partial charge in [0.25, 0.3) is 0 Å². The van der Waals surface area contributed by atoms with Gasteiger partial charge in [0.1, 0.15) is 6.17 Å². The number of aromatic amines is 1. The third-order valence-electron chi connectivity index (χ3n) is 5.97. The SMILES string of the molecule is CON1C(C)=C(Cc2ccccn2)C(c2ccc(-c3ccccc3-c3nn[nH]n3)cc2)=NC1C. The first-order chi connectivity index (χ1) is 16.7. The zero-order chi connectivity index (χ0) is 23.5. The average Bonchev–Trinajstić information content (AvgIpc) is 3.42. The number of H-pyrrole nitrogens is 1. The molecule has 0 saturated heterocycles. The number of pyridine rings is 1. The van der Waals surface area contributed by atoms with E-state index in [1.165, 1.54) is 0 Å². The molecule has 1 atom stereocenters. The fourth-order valence-corrected chi connectivity index (χ4v) is 4.35. The van der Waals surface area contributed by atoms with Crippen molar-refractivity contribution in [2.75, 3.05) is 7.11 Å². The van der Waals surface area contributed by atoms with E-state index in [0.29, 0.717) is 12.2 Å². The first-order valence-electron chi connectivity index (χ1n) is 11.1. The Bertz CT molecular complexity index is 1330. The molecule has 8 nitrogen and oxygen atoms in total. The second-order valence-corrected chi connectivity index (χ2v) is 8.04. The number of hydrogen-bond donors (Lipinski definition) is 1. The van der Waals surface area contributed by atoms with Crippen LogP contribution in [0.4, 0.5) is 0 Å². The van der Waals surface area contributed by atoms with Crippen LogP contribution in [0.25, 0.3) is 22.5 Å². The normalized spacial score (nSPS) is 16.0. The summed E-state index contributed by atoms with van der Waals surface area (Å²) >= 11 is 0. The largest absolute Gasteiger partial charge is 0.275 e. The van der Waals surface area contributed by atoms with Gasteiger partial charge in [-0.15, -0.1) is 10.2 Å². The van der Waals surface area contributed by atoms with Crippen LogP contribution in [0.3, 0.4) is 0 Å². The molecule has 8 heteroatoms. The van der Waals surface area contributed by atoms with Crippen molar-refractivity contribution >= 4 is 5.71 Å². The third kappa shape index (κ3) is 4.11. The highest BCUT2D eigenvalue weighted by Crippen LogP contribution is 2.32. The first-order valence-corrected chi connectivity index (χ1v) is 11.1. The van der Waals surface area contributed by atoms with E-state index < -0.39 is 0 Å². The van der Waals surface area contributed by atoms with Crippen LogP contribution in [0.5, 0.6) is 0 Å². The number of hydrogen-bond acceptors (Lipinski definition) is 7. The molecule has 1 unspecified atom stereocenters. The fraction of sp³-hybridized carbons (Fsp3) is 0.192. The summed E-state index contributed by atoms with van der Waals surface area (Å²) in [5, 5.41) is 16.4. The number of hydroxylamine groups is 2. The standard InChI is InChI=1S/C26H25N7O/c1-17-24(16-21-8-6-7-15-27-21)25(28-18(2)33(17)34-3)20-13-11-19(12-14-20)22-9-4-5-10-23(22)26-29-31-32-30-26/h4-15,18H,16H2,1-3H3,(H,29,30,31,32). The summed E-state index contributed by atoms with van der Waals surface area (Å²) in [4.78, 5) is 15.1. The molecule has 1 aliphatic rings. The molecule has 1 aliphatic heterocycles. The van der Waals surface area contributed by atoms with Gasteiger partial charge in [0.15, 0.2) is 0 Å². The number of aromatic nitrogens is 5. The number of rotatable bonds is 6. The summed E-state index contributed by atoms with van der Waals surface area (Å²) in [6, 6.07) is 22.5.